The van der Waals surface area contributed by atoms with Gasteiger partial charge in [0.1, 0.15) is 11.5 Å². The van der Waals surface area contributed by atoms with Crippen molar-refractivity contribution < 1.29 is 23.1 Å². The summed E-state index contributed by atoms with van der Waals surface area (Å²) in [6.45, 7) is 3.75. The third-order valence-electron chi connectivity index (χ3n) is 1.91. The summed E-state index contributed by atoms with van der Waals surface area (Å²) in [4.78, 5) is 15.6. The number of carbonyl (C=O) groups is 1. The SMILES string of the molecule is CC.FC(F)(F)c1ccnc(C2CC2)n1.O=CO. The van der Waals surface area contributed by atoms with Crippen LogP contribution in [-0.4, -0.2) is 21.5 Å². The molecule has 1 saturated carbocycles. The lowest BCUT2D eigenvalue weighted by Crippen LogP contribution is -2.09. The average molecular weight is 264 g/mol. The van der Waals surface area contributed by atoms with Crippen LogP contribution < -0.4 is 0 Å². The van der Waals surface area contributed by atoms with Gasteiger partial charge in [0, 0.05) is 12.1 Å². The zero-order valence-electron chi connectivity index (χ0n) is 10.1. The number of aromatic nitrogens is 2. The van der Waals surface area contributed by atoms with Gasteiger partial charge in [0.2, 0.25) is 0 Å². The fraction of sp³-hybridized carbons (Fsp3) is 0.545. The Morgan fingerprint density at radius 2 is 1.89 bits per heavy atom. The summed E-state index contributed by atoms with van der Waals surface area (Å²) < 4.78 is 36.5. The van der Waals surface area contributed by atoms with Crippen LogP contribution in [0.5, 0.6) is 0 Å². The number of hydrogen-bond donors (Lipinski definition) is 1. The Hall–Kier alpha value is -1.66. The molecule has 1 heterocycles. The molecular formula is C11H15F3N2O2. The van der Waals surface area contributed by atoms with Crippen LogP contribution in [0.15, 0.2) is 12.3 Å². The molecule has 2 rings (SSSR count). The third kappa shape index (κ3) is 5.60. The number of rotatable bonds is 1. The Balaban J connectivity index is 0.000000509. The smallest absolute Gasteiger partial charge is 0.433 e. The zero-order chi connectivity index (χ0) is 14.2. The van der Waals surface area contributed by atoms with E-state index in [0.29, 0.717) is 5.82 Å². The lowest BCUT2D eigenvalue weighted by Gasteiger charge is -2.05. The van der Waals surface area contributed by atoms with Gasteiger partial charge >= 0.3 is 6.18 Å². The predicted molar refractivity (Wildman–Crippen MR) is 59.0 cm³/mol. The molecule has 0 radical (unpaired) electrons. The summed E-state index contributed by atoms with van der Waals surface area (Å²) in [5.41, 5.74) is -0.843. The minimum absolute atomic E-state index is 0.155. The first-order valence-corrected chi connectivity index (χ1v) is 5.47. The summed E-state index contributed by atoms with van der Waals surface area (Å²) in [7, 11) is 0. The molecule has 18 heavy (non-hydrogen) atoms. The third-order valence-corrected chi connectivity index (χ3v) is 1.91. The first-order valence-electron chi connectivity index (χ1n) is 5.47. The zero-order valence-corrected chi connectivity index (χ0v) is 10.1. The van der Waals surface area contributed by atoms with E-state index in [9.17, 15) is 13.2 Å². The number of alkyl halides is 3. The van der Waals surface area contributed by atoms with Gasteiger partial charge in [-0.3, -0.25) is 4.79 Å². The number of hydrogen-bond acceptors (Lipinski definition) is 3. The first kappa shape index (κ1) is 16.3. The van der Waals surface area contributed by atoms with Crippen molar-refractivity contribution in [1.82, 2.24) is 9.97 Å². The second-order valence-electron chi connectivity index (χ2n) is 3.18. The summed E-state index contributed by atoms with van der Waals surface area (Å²) in [5, 5.41) is 6.89. The van der Waals surface area contributed by atoms with Crippen LogP contribution in [-0.2, 0) is 11.0 Å². The van der Waals surface area contributed by atoms with E-state index in [1.165, 1.54) is 6.20 Å². The van der Waals surface area contributed by atoms with Crippen molar-refractivity contribution in [1.29, 1.82) is 0 Å². The van der Waals surface area contributed by atoms with E-state index in [0.717, 1.165) is 18.9 Å². The Morgan fingerprint density at radius 1 is 1.39 bits per heavy atom. The highest BCUT2D eigenvalue weighted by atomic mass is 19.4. The van der Waals surface area contributed by atoms with E-state index in [2.05, 4.69) is 9.97 Å². The van der Waals surface area contributed by atoms with Gasteiger partial charge in [-0.2, -0.15) is 13.2 Å². The van der Waals surface area contributed by atoms with Crippen LogP contribution in [0.2, 0.25) is 0 Å². The minimum atomic E-state index is -4.35. The van der Waals surface area contributed by atoms with Crippen molar-refractivity contribution >= 4 is 6.47 Å². The molecule has 0 amide bonds. The fourth-order valence-corrected chi connectivity index (χ4v) is 1.07. The van der Waals surface area contributed by atoms with E-state index in [-0.39, 0.29) is 12.4 Å². The largest absolute Gasteiger partial charge is 0.483 e. The van der Waals surface area contributed by atoms with E-state index < -0.39 is 11.9 Å². The van der Waals surface area contributed by atoms with Crippen molar-refractivity contribution in [3.05, 3.63) is 23.8 Å². The van der Waals surface area contributed by atoms with Crippen LogP contribution in [0.4, 0.5) is 13.2 Å². The second-order valence-corrected chi connectivity index (χ2v) is 3.18. The fourth-order valence-electron chi connectivity index (χ4n) is 1.07. The van der Waals surface area contributed by atoms with Gasteiger partial charge in [-0.15, -0.1) is 0 Å². The van der Waals surface area contributed by atoms with Crippen LogP contribution >= 0.6 is 0 Å². The van der Waals surface area contributed by atoms with Crippen molar-refractivity contribution in [3.8, 4) is 0 Å². The molecule has 1 N–H and O–H groups in total. The summed E-state index contributed by atoms with van der Waals surface area (Å²) >= 11 is 0. The normalized spacial score (nSPS) is 13.6. The summed E-state index contributed by atoms with van der Waals surface area (Å²) in [5.74, 6) is 0.483. The molecule has 0 atom stereocenters. The molecule has 7 heteroatoms. The maximum Gasteiger partial charge on any atom is 0.433 e. The van der Waals surface area contributed by atoms with Gasteiger partial charge < -0.3 is 5.11 Å². The molecule has 1 aromatic heterocycles. The van der Waals surface area contributed by atoms with Crippen LogP contribution in [0.1, 0.15) is 44.1 Å². The Morgan fingerprint density at radius 3 is 2.28 bits per heavy atom. The van der Waals surface area contributed by atoms with E-state index in [1.807, 2.05) is 13.8 Å². The van der Waals surface area contributed by atoms with Gasteiger partial charge in [-0.05, 0) is 18.9 Å². The highest BCUT2D eigenvalue weighted by molar-refractivity contribution is 5.32. The van der Waals surface area contributed by atoms with Gasteiger partial charge in [0.25, 0.3) is 6.47 Å². The van der Waals surface area contributed by atoms with Crippen molar-refractivity contribution in [2.75, 3.05) is 0 Å². The number of halogens is 3. The highest BCUT2D eigenvalue weighted by Crippen LogP contribution is 2.38. The highest BCUT2D eigenvalue weighted by Gasteiger charge is 2.34. The second kappa shape index (κ2) is 7.62. The van der Waals surface area contributed by atoms with Crippen molar-refractivity contribution in [2.24, 2.45) is 0 Å². The number of nitrogens with zero attached hydrogens (tertiary/aromatic N) is 2. The molecule has 1 aliphatic rings. The van der Waals surface area contributed by atoms with Gasteiger partial charge in [0.05, 0.1) is 0 Å². The monoisotopic (exact) mass is 264 g/mol. The molecule has 0 spiro atoms. The molecule has 1 aromatic rings. The summed E-state index contributed by atoms with van der Waals surface area (Å²) in [6.07, 6.45) is -1.38. The lowest BCUT2D eigenvalue weighted by atomic mass is 10.3. The molecule has 1 fully saturated rings. The molecule has 0 saturated heterocycles. The van der Waals surface area contributed by atoms with Crippen molar-refractivity contribution in [3.63, 3.8) is 0 Å². The van der Waals surface area contributed by atoms with E-state index in [1.54, 1.807) is 0 Å². The molecule has 1 aliphatic carbocycles. The molecule has 0 aromatic carbocycles. The first-order chi connectivity index (χ1) is 8.49. The Labute approximate surface area is 103 Å². The van der Waals surface area contributed by atoms with Crippen molar-refractivity contribution in [2.45, 2.75) is 38.8 Å². The molecule has 0 aliphatic heterocycles. The minimum Gasteiger partial charge on any atom is -0.483 e. The lowest BCUT2D eigenvalue weighted by molar-refractivity contribution is -0.141. The summed E-state index contributed by atoms with van der Waals surface area (Å²) in [6, 6.07) is 0.895. The van der Waals surface area contributed by atoms with Gasteiger partial charge in [-0.1, -0.05) is 13.8 Å². The van der Waals surface area contributed by atoms with Gasteiger partial charge in [0.15, 0.2) is 0 Å². The topological polar surface area (TPSA) is 63.1 Å². The number of carboxylic acid groups (broad SMARTS) is 1. The van der Waals surface area contributed by atoms with Gasteiger partial charge in [-0.25, -0.2) is 9.97 Å². The molecule has 4 nitrogen and oxygen atoms in total. The average Bonchev–Trinajstić information content (AvgIpc) is 3.16. The molecule has 0 bridgehead atoms. The van der Waals surface area contributed by atoms with E-state index in [4.69, 9.17) is 9.90 Å². The molecule has 102 valence electrons. The Kier molecular flexibility index (Phi) is 6.92. The molecule has 0 unspecified atom stereocenters. The van der Waals surface area contributed by atoms with E-state index >= 15 is 0 Å². The van der Waals surface area contributed by atoms with Crippen LogP contribution in [0.25, 0.3) is 0 Å². The maximum atomic E-state index is 12.2. The predicted octanol–water partition coefficient (Wildman–Crippen LogP) is 3.10. The molecular weight excluding hydrogens is 249 g/mol. The van der Waals surface area contributed by atoms with Crippen LogP contribution in [0.3, 0.4) is 0 Å². The quantitative estimate of drug-likeness (QED) is 0.792. The standard InChI is InChI=1S/C8H7F3N2.C2H6.CH2O2/c9-8(10,11)6-3-4-12-7(13-6)5-1-2-5;1-2;2-1-3/h3-5H,1-2H2;1-2H3;1H,(H,2,3). The maximum absolute atomic E-state index is 12.2. The van der Waals surface area contributed by atoms with Crippen LogP contribution in [0, 0.1) is 0 Å². The Bertz CT molecular complexity index is 366.